The molecule has 0 aliphatic heterocycles. The van der Waals surface area contributed by atoms with Crippen molar-refractivity contribution in [2.24, 2.45) is 10.8 Å². The monoisotopic (exact) mass is 704 g/mol. The van der Waals surface area contributed by atoms with Crippen LogP contribution in [0.1, 0.15) is 92.9 Å². The molecule has 8 N–H and O–H groups in total. The molecule has 0 aromatic rings. The maximum absolute atomic E-state index is 11.2. The normalized spacial score (nSPS) is 13.9. The number of aliphatic hydroxyl groups is 2. The molecular formula is C26H46O16Zr. The Morgan fingerprint density at radius 2 is 0.767 bits per heavy atom. The van der Waals surface area contributed by atoms with Crippen molar-refractivity contribution < 1.29 is 99.4 Å². The molecular weight excluding hydrogens is 659 g/mol. The molecule has 0 saturated heterocycles. The second-order valence-electron chi connectivity index (χ2n) is 9.44. The summed E-state index contributed by atoms with van der Waals surface area (Å²) in [5.74, 6) is -9.86. The number of aliphatic carboxylic acids is 6. The minimum atomic E-state index is -2.83. The Morgan fingerprint density at radius 1 is 0.512 bits per heavy atom. The standard InChI is InChI=1S/2C10H16O7.2C3H7O.Zr/c2*1-3-9(4-2,7(13)14)10(17,8(15)16)5-6(11)12;2*1-2-3-4;/h2*17H,3-5H2,1-2H3,(H,11,12)(H,13,14)(H,15,16);2*2-3H2,1H3;/q;;2*-1;+2. The number of rotatable bonds is 20. The van der Waals surface area contributed by atoms with Crippen molar-refractivity contribution in [1.82, 2.24) is 0 Å². The van der Waals surface area contributed by atoms with Crippen LogP contribution in [-0.2, 0) is 58.5 Å². The van der Waals surface area contributed by atoms with Crippen molar-refractivity contribution in [2.75, 3.05) is 13.2 Å². The van der Waals surface area contributed by atoms with Gasteiger partial charge in [0, 0.05) is 0 Å². The third-order valence-corrected chi connectivity index (χ3v) is 8.65. The maximum atomic E-state index is 11.2. The Kier molecular flexibility index (Phi) is 22.3. The molecule has 0 fully saturated rings. The number of hydrogen-bond acceptors (Lipinski definition) is 10. The molecule has 0 spiro atoms. The zero-order chi connectivity index (χ0) is 34.7. The van der Waals surface area contributed by atoms with Crippen LogP contribution < -0.4 is 0 Å². The molecule has 0 aromatic heterocycles. The topological polar surface area (TPSA) is 283 Å². The molecule has 250 valence electrons. The third-order valence-electron chi connectivity index (χ3n) is 7.07. The molecule has 2 unspecified atom stereocenters. The zero-order valence-corrected chi connectivity index (χ0v) is 27.9. The first-order valence-corrected chi connectivity index (χ1v) is 15.6. The molecule has 2 atom stereocenters. The second-order valence-corrected chi connectivity index (χ2v) is 11.3. The van der Waals surface area contributed by atoms with Crippen molar-refractivity contribution >= 4 is 35.8 Å². The average molecular weight is 706 g/mol. The van der Waals surface area contributed by atoms with Crippen molar-refractivity contribution in [3.8, 4) is 0 Å². The summed E-state index contributed by atoms with van der Waals surface area (Å²) in [4.78, 5) is 65.7. The van der Waals surface area contributed by atoms with Gasteiger partial charge in [0.1, 0.15) is 10.8 Å². The molecule has 0 amide bonds. The van der Waals surface area contributed by atoms with E-state index in [4.69, 9.17) is 36.3 Å². The zero-order valence-electron chi connectivity index (χ0n) is 25.4. The van der Waals surface area contributed by atoms with E-state index in [0.717, 1.165) is 26.1 Å². The van der Waals surface area contributed by atoms with E-state index < -0.39 is 94.8 Å². The van der Waals surface area contributed by atoms with E-state index in [1.165, 1.54) is 27.7 Å². The summed E-state index contributed by atoms with van der Waals surface area (Å²) >= 11 is -0.851. The fraction of sp³-hybridized carbons (Fsp3) is 0.769. The molecule has 0 aliphatic rings. The quantitative estimate of drug-likeness (QED) is 0.0842. The molecule has 0 aliphatic carbocycles. The van der Waals surface area contributed by atoms with Crippen molar-refractivity contribution in [3.05, 3.63) is 0 Å². The van der Waals surface area contributed by atoms with Gasteiger partial charge in [0.15, 0.2) is 11.2 Å². The van der Waals surface area contributed by atoms with Gasteiger partial charge in [0.2, 0.25) is 0 Å². The van der Waals surface area contributed by atoms with E-state index in [1.54, 1.807) is 0 Å². The average Bonchev–Trinajstić information content (AvgIpc) is 2.90. The van der Waals surface area contributed by atoms with Crippen LogP contribution >= 0.6 is 0 Å². The van der Waals surface area contributed by atoms with Crippen LogP contribution in [0, 0.1) is 10.8 Å². The summed E-state index contributed by atoms with van der Waals surface area (Å²) in [5, 5.41) is 73.3. The van der Waals surface area contributed by atoms with Crippen LogP contribution in [0.2, 0.25) is 0 Å². The van der Waals surface area contributed by atoms with E-state index in [9.17, 15) is 39.0 Å². The molecule has 17 heteroatoms. The molecule has 43 heavy (non-hydrogen) atoms. The second kappa shape index (κ2) is 21.3. The van der Waals surface area contributed by atoms with Gasteiger partial charge in [0.05, 0.1) is 12.8 Å². The Balaban J connectivity index is -0.000000586. The minimum absolute atomic E-state index is 0.186. The van der Waals surface area contributed by atoms with Gasteiger partial charge in [-0.3, -0.25) is 19.2 Å². The molecule has 0 radical (unpaired) electrons. The predicted molar refractivity (Wildman–Crippen MR) is 143 cm³/mol. The van der Waals surface area contributed by atoms with E-state index in [1.807, 2.05) is 0 Å². The summed E-state index contributed by atoms with van der Waals surface area (Å²) in [7, 11) is 0. The van der Waals surface area contributed by atoms with Crippen LogP contribution in [-0.4, -0.2) is 101 Å². The van der Waals surface area contributed by atoms with Gasteiger partial charge in [-0.1, -0.05) is 27.7 Å². The number of carboxylic acid groups (broad SMARTS) is 6. The Labute approximate surface area is 262 Å². The Bertz CT molecular complexity index is 843. The third kappa shape index (κ3) is 12.2. The van der Waals surface area contributed by atoms with Gasteiger partial charge < -0.3 is 40.9 Å². The molecule has 0 aromatic carbocycles. The van der Waals surface area contributed by atoms with Crippen molar-refractivity contribution in [2.45, 2.75) is 104 Å². The van der Waals surface area contributed by atoms with E-state index in [0.29, 0.717) is 0 Å². The van der Waals surface area contributed by atoms with Crippen molar-refractivity contribution in [3.63, 3.8) is 0 Å². The fourth-order valence-corrected chi connectivity index (χ4v) is 5.91. The summed E-state index contributed by atoms with van der Waals surface area (Å²) in [6.45, 7) is 11.6. The van der Waals surface area contributed by atoms with Crippen LogP contribution in [0.15, 0.2) is 0 Å². The molecule has 0 rings (SSSR count). The molecule has 0 heterocycles. The predicted octanol–water partition coefficient (Wildman–Crippen LogP) is 2.09. The van der Waals surface area contributed by atoms with Crippen LogP contribution in [0.4, 0.5) is 0 Å². The Hall–Kier alpha value is -2.46. The number of carboxylic acids is 6. The molecule has 16 nitrogen and oxygen atoms in total. The summed E-state index contributed by atoms with van der Waals surface area (Å²) in [6.07, 6.45) is -0.840. The van der Waals surface area contributed by atoms with Gasteiger partial charge >= 0.3 is 105 Å². The van der Waals surface area contributed by atoms with Gasteiger partial charge in [-0.05, 0) is 25.7 Å². The summed E-state index contributed by atoms with van der Waals surface area (Å²) < 4.78 is 10.5. The summed E-state index contributed by atoms with van der Waals surface area (Å²) in [5.41, 5.74) is -9.68. The van der Waals surface area contributed by atoms with Crippen LogP contribution in [0.3, 0.4) is 0 Å². The van der Waals surface area contributed by atoms with Crippen LogP contribution in [0.5, 0.6) is 0 Å². The van der Waals surface area contributed by atoms with E-state index in [2.05, 4.69) is 13.8 Å². The summed E-state index contributed by atoms with van der Waals surface area (Å²) in [6, 6.07) is 0. The number of hydrogen-bond donors (Lipinski definition) is 8. The van der Waals surface area contributed by atoms with Crippen LogP contribution in [0.25, 0.3) is 0 Å². The first-order valence-electron chi connectivity index (χ1n) is 13.6. The van der Waals surface area contributed by atoms with Gasteiger partial charge in [-0.2, -0.15) is 0 Å². The molecule has 0 saturated carbocycles. The Morgan fingerprint density at radius 3 is 0.907 bits per heavy atom. The van der Waals surface area contributed by atoms with E-state index in [-0.39, 0.29) is 25.7 Å². The molecule has 0 bridgehead atoms. The van der Waals surface area contributed by atoms with E-state index >= 15 is 0 Å². The van der Waals surface area contributed by atoms with Crippen molar-refractivity contribution in [1.29, 1.82) is 0 Å². The van der Waals surface area contributed by atoms with Gasteiger partial charge in [0.25, 0.3) is 0 Å². The van der Waals surface area contributed by atoms with Gasteiger partial charge in [-0.25, -0.2) is 9.59 Å². The number of carbonyl (C=O) groups is 6. The van der Waals surface area contributed by atoms with Gasteiger partial charge in [-0.15, -0.1) is 0 Å². The fourth-order valence-electron chi connectivity index (χ4n) is 4.29. The first kappa shape index (κ1) is 45.0. The SMILES string of the molecule is CCC(CC)(C(=O)O)C(O)(CC(=O)O)C(=O)O.CCC(CC)(C(=O)O)C(O)(CC(=O)O)C(=O)O.CCC[O][Zr][O]CCC. The first-order chi connectivity index (χ1) is 19.8.